The van der Waals surface area contributed by atoms with Gasteiger partial charge in [-0.2, -0.15) is 4.31 Å². The van der Waals surface area contributed by atoms with E-state index in [9.17, 15) is 8.42 Å². The van der Waals surface area contributed by atoms with E-state index in [0.29, 0.717) is 11.3 Å². The van der Waals surface area contributed by atoms with E-state index < -0.39 is 10.0 Å². The molecule has 0 saturated carbocycles. The molecule has 0 aliphatic carbocycles. The molecule has 126 valence electrons. The maximum Gasteiger partial charge on any atom is 0.243 e. The van der Waals surface area contributed by atoms with Crippen molar-refractivity contribution >= 4 is 10.0 Å². The molecular weight excluding hydrogens is 318 g/mol. The van der Waals surface area contributed by atoms with E-state index in [2.05, 4.69) is 13.2 Å². The number of hydrogen-bond acceptors (Lipinski definition) is 2. The van der Waals surface area contributed by atoms with Gasteiger partial charge in [-0.15, -0.1) is 13.2 Å². The molecule has 4 heteroatoms. The van der Waals surface area contributed by atoms with Crippen LogP contribution in [-0.4, -0.2) is 19.3 Å². The highest BCUT2D eigenvalue weighted by Gasteiger charge is 2.30. The van der Waals surface area contributed by atoms with Gasteiger partial charge in [-0.1, -0.05) is 60.2 Å². The Morgan fingerprint density at radius 2 is 1.62 bits per heavy atom. The van der Waals surface area contributed by atoms with Crippen LogP contribution in [0.25, 0.3) is 0 Å². The summed E-state index contributed by atoms with van der Waals surface area (Å²) in [5.41, 5.74) is 1.96. The van der Waals surface area contributed by atoms with Gasteiger partial charge in [-0.3, -0.25) is 0 Å². The van der Waals surface area contributed by atoms with E-state index in [4.69, 9.17) is 0 Å². The first-order valence-electron chi connectivity index (χ1n) is 7.86. The fourth-order valence-electron chi connectivity index (χ4n) is 2.62. The summed E-state index contributed by atoms with van der Waals surface area (Å²) >= 11 is 0. The third-order valence-electron chi connectivity index (χ3n) is 3.86. The van der Waals surface area contributed by atoms with Gasteiger partial charge in [-0.25, -0.2) is 8.42 Å². The molecular formula is C20H23NO2S. The van der Waals surface area contributed by atoms with Crippen LogP contribution in [0.15, 0.2) is 84.8 Å². The topological polar surface area (TPSA) is 37.4 Å². The first kappa shape index (κ1) is 18.2. The molecule has 1 atom stereocenters. The van der Waals surface area contributed by atoms with Gasteiger partial charge in [0.25, 0.3) is 0 Å². The van der Waals surface area contributed by atoms with Crippen molar-refractivity contribution in [3.05, 3.63) is 91.0 Å². The van der Waals surface area contributed by atoms with Gasteiger partial charge < -0.3 is 0 Å². The van der Waals surface area contributed by atoms with E-state index in [1.807, 2.05) is 49.4 Å². The molecule has 2 aromatic carbocycles. The minimum atomic E-state index is -3.64. The van der Waals surface area contributed by atoms with Crippen LogP contribution in [0.5, 0.6) is 0 Å². The van der Waals surface area contributed by atoms with Crippen LogP contribution in [0.2, 0.25) is 0 Å². The van der Waals surface area contributed by atoms with E-state index in [1.54, 1.807) is 24.3 Å². The molecule has 0 N–H and O–H groups in total. The van der Waals surface area contributed by atoms with E-state index in [-0.39, 0.29) is 12.6 Å². The summed E-state index contributed by atoms with van der Waals surface area (Å²) in [6, 6.07) is 16.2. The van der Waals surface area contributed by atoms with Crippen molar-refractivity contribution in [3.8, 4) is 0 Å². The predicted octanol–water partition coefficient (Wildman–Crippen LogP) is 4.49. The second kappa shape index (κ2) is 8.08. The van der Waals surface area contributed by atoms with Gasteiger partial charge in [0.1, 0.15) is 0 Å². The molecule has 0 fully saturated rings. The lowest BCUT2D eigenvalue weighted by molar-refractivity contribution is 0.351. The molecule has 0 radical (unpaired) electrons. The molecule has 1 unspecified atom stereocenters. The first-order chi connectivity index (χ1) is 11.5. The lowest BCUT2D eigenvalue weighted by Crippen LogP contribution is -2.35. The Morgan fingerprint density at radius 1 is 1.00 bits per heavy atom. The van der Waals surface area contributed by atoms with Gasteiger partial charge in [0, 0.05) is 6.54 Å². The second-order valence-corrected chi connectivity index (χ2v) is 7.52. The quantitative estimate of drug-likeness (QED) is 0.664. The Bertz CT molecular complexity index is 780. The normalized spacial score (nSPS) is 12.8. The number of aryl methyl sites for hydroxylation is 1. The van der Waals surface area contributed by atoms with Gasteiger partial charge in [0.15, 0.2) is 0 Å². The van der Waals surface area contributed by atoms with Gasteiger partial charge in [-0.05, 0) is 31.0 Å². The van der Waals surface area contributed by atoms with Gasteiger partial charge >= 0.3 is 0 Å². The summed E-state index contributed by atoms with van der Waals surface area (Å²) in [6.07, 6.45) is 3.89. The van der Waals surface area contributed by atoms with Crippen molar-refractivity contribution in [1.82, 2.24) is 4.31 Å². The number of rotatable bonds is 8. The number of sulfonamides is 1. The molecule has 24 heavy (non-hydrogen) atoms. The first-order valence-corrected chi connectivity index (χ1v) is 9.30. The van der Waals surface area contributed by atoms with Crippen molar-refractivity contribution in [3.63, 3.8) is 0 Å². The van der Waals surface area contributed by atoms with E-state index in [0.717, 1.165) is 11.1 Å². The molecule has 0 saturated heterocycles. The molecule has 0 bridgehead atoms. The summed E-state index contributed by atoms with van der Waals surface area (Å²) < 4.78 is 27.8. The average molecular weight is 341 g/mol. The summed E-state index contributed by atoms with van der Waals surface area (Å²) in [6.45, 7) is 9.69. The SMILES string of the molecule is C=CCC(c1ccccc1)N(CC=C)S(=O)(=O)c1ccc(C)cc1. The fraction of sp³-hybridized carbons (Fsp3) is 0.200. The monoisotopic (exact) mass is 341 g/mol. The minimum Gasteiger partial charge on any atom is -0.207 e. The number of benzene rings is 2. The Morgan fingerprint density at radius 3 is 2.17 bits per heavy atom. The third kappa shape index (κ3) is 4.02. The lowest BCUT2D eigenvalue weighted by Gasteiger charge is -2.30. The zero-order chi connectivity index (χ0) is 17.6. The molecule has 0 heterocycles. The van der Waals surface area contributed by atoms with Crippen LogP contribution in [0.3, 0.4) is 0 Å². The molecule has 2 aromatic rings. The predicted molar refractivity (Wildman–Crippen MR) is 99.3 cm³/mol. The van der Waals surface area contributed by atoms with Crippen molar-refractivity contribution in [1.29, 1.82) is 0 Å². The molecule has 0 amide bonds. The zero-order valence-electron chi connectivity index (χ0n) is 13.9. The van der Waals surface area contributed by atoms with Crippen LogP contribution >= 0.6 is 0 Å². The molecule has 0 aliphatic heterocycles. The summed E-state index contributed by atoms with van der Waals surface area (Å²) in [5, 5.41) is 0. The lowest BCUT2D eigenvalue weighted by atomic mass is 10.0. The maximum absolute atomic E-state index is 13.2. The number of nitrogens with zero attached hydrogens (tertiary/aromatic N) is 1. The minimum absolute atomic E-state index is 0.240. The van der Waals surface area contributed by atoms with Crippen LogP contribution < -0.4 is 0 Å². The standard InChI is InChI=1S/C20H23NO2S/c1-4-9-20(18-10-7-6-8-11-18)21(16-5-2)24(22,23)19-14-12-17(3)13-15-19/h4-8,10-15,20H,1-2,9,16H2,3H3. The van der Waals surface area contributed by atoms with Crippen molar-refractivity contribution in [2.75, 3.05) is 6.54 Å². The summed E-state index contributed by atoms with van der Waals surface area (Å²) in [7, 11) is -3.64. The van der Waals surface area contributed by atoms with Crippen LogP contribution in [0, 0.1) is 6.92 Å². The average Bonchev–Trinajstić information content (AvgIpc) is 2.59. The van der Waals surface area contributed by atoms with Crippen molar-refractivity contribution < 1.29 is 8.42 Å². The van der Waals surface area contributed by atoms with Crippen molar-refractivity contribution in [2.24, 2.45) is 0 Å². The smallest absolute Gasteiger partial charge is 0.207 e. The fourth-order valence-corrected chi connectivity index (χ4v) is 4.21. The Labute approximate surface area is 145 Å². The Kier molecular flexibility index (Phi) is 6.12. The van der Waals surface area contributed by atoms with Gasteiger partial charge in [0.2, 0.25) is 10.0 Å². The zero-order valence-corrected chi connectivity index (χ0v) is 14.7. The maximum atomic E-state index is 13.2. The summed E-state index contributed by atoms with van der Waals surface area (Å²) in [5.74, 6) is 0. The second-order valence-electron chi connectivity index (χ2n) is 5.63. The van der Waals surface area contributed by atoms with E-state index >= 15 is 0 Å². The Balaban J connectivity index is 2.50. The Hall–Kier alpha value is -2.17. The molecule has 0 aliphatic rings. The van der Waals surface area contributed by atoms with Gasteiger partial charge in [0.05, 0.1) is 10.9 Å². The highest BCUT2D eigenvalue weighted by atomic mass is 32.2. The third-order valence-corrected chi connectivity index (χ3v) is 5.75. The van der Waals surface area contributed by atoms with Crippen LogP contribution in [0.4, 0.5) is 0 Å². The highest BCUT2D eigenvalue weighted by Crippen LogP contribution is 2.30. The van der Waals surface area contributed by atoms with E-state index in [1.165, 1.54) is 4.31 Å². The molecule has 3 nitrogen and oxygen atoms in total. The largest absolute Gasteiger partial charge is 0.243 e. The van der Waals surface area contributed by atoms with Crippen LogP contribution in [0.1, 0.15) is 23.6 Å². The molecule has 0 spiro atoms. The molecule has 2 rings (SSSR count). The van der Waals surface area contributed by atoms with Crippen molar-refractivity contribution in [2.45, 2.75) is 24.3 Å². The molecule has 0 aromatic heterocycles. The highest BCUT2D eigenvalue weighted by molar-refractivity contribution is 7.89. The number of hydrogen-bond donors (Lipinski definition) is 0. The van der Waals surface area contributed by atoms with Crippen LogP contribution in [-0.2, 0) is 10.0 Å². The summed E-state index contributed by atoms with van der Waals surface area (Å²) in [4.78, 5) is 0.292.